The lowest BCUT2D eigenvalue weighted by Crippen LogP contribution is -2.14. The van der Waals surface area contributed by atoms with Gasteiger partial charge in [-0.3, -0.25) is 0 Å². The molecule has 1 aromatic heterocycles. The van der Waals surface area contributed by atoms with Crippen LogP contribution in [-0.4, -0.2) is 16.5 Å². The van der Waals surface area contributed by atoms with E-state index in [2.05, 4.69) is 34.3 Å². The summed E-state index contributed by atoms with van der Waals surface area (Å²) in [6.45, 7) is 5.88. The number of rotatable bonds is 5. The van der Waals surface area contributed by atoms with Crippen molar-refractivity contribution in [1.29, 1.82) is 0 Å². The Morgan fingerprint density at radius 3 is 2.61 bits per heavy atom. The minimum Gasteiger partial charge on any atom is -0.311 e. The van der Waals surface area contributed by atoms with Gasteiger partial charge in [-0.25, -0.2) is 9.97 Å². The SMILES string of the molecule is CCNCc1cc(C)nc(Cc2ccccc2)n1. The van der Waals surface area contributed by atoms with Crippen LogP contribution < -0.4 is 5.32 Å². The van der Waals surface area contributed by atoms with E-state index in [-0.39, 0.29) is 0 Å². The first-order valence-corrected chi connectivity index (χ1v) is 6.36. The van der Waals surface area contributed by atoms with Crippen molar-refractivity contribution >= 4 is 0 Å². The molecule has 0 amide bonds. The molecule has 0 aliphatic rings. The minimum atomic E-state index is 0.793. The van der Waals surface area contributed by atoms with Gasteiger partial charge in [0.1, 0.15) is 5.82 Å². The van der Waals surface area contributed by atoms with E-state index in [0.29, 0.717) is 0 Å². The number of hydrogen-bond donors (Lipinski definition) is 1. The molecule has 1 N–H and O–H groups in total. The summed E-state index contributed by atoms with van der Waals surface area (Å²) in [5, 5.41) is 3.29. The summed E-state index contributed by atoms with van der Waals surface area (Å²) in [5.41, 5.74) is 3.34. The summed E-state index contributed by atoms with van der Waals surface area (Å²) >= 11 is 0. The Morgan fingerprint density at radius 2 is 1.89 bits per heavy atom. The number of hydrogen-bond acceptors (Lipinski definition) is 3. The van der Waals surface area contributed by atoms with Crippen molar-refractivity contribution in [2.75, 3.05) is 6.54 Å². The molecule has 0 aliphatic heterocycles. The molecule has 18 heavy (non-hydrogen) atoms. The average Bonchev–Trinajstić information content (AvgIpc) is 2.37. The number of aromatic nitrogens is 2. The molecule has 0 saturated heterocycles. The van der Waals surface area contributed by atoms with Crippen molar-refractivity contribution in [3.63, 3.8) is 0 Å². The summed E-state index contributed by atoms with van der Waals surface area (Å²) in [6.07, 6.45) is 0.793. The Balaban J connectivity index is 2.15. The van der Waals surface area contributed by atoms with Crippen LogP contribution in [0.3, 0.4) is 0 Å². The molecular weight excluding hydrogens is 222 g/mol. The molecule has 0 saturated carbocycles. The third kappa shape index (κ3) is 3.64. The number of benzene rings is 1. The van der Waals surface area contributed by atoms with E-state index >= 15 is 0 Å². The highest BCUT2D eigenvalue weighted by atomic mass is 14.9. The maximum Gasteiger partial charge on any atom is 0.133 e. The molecule has 0 bridgehead atoms. The fraction of sp³-hybridized carbons (Fsp3) is 0.333. The van der Waals surface area contributed by atoms with Crippen LogP contribution in [0.25, 0.3) is 0 Å². The van der Waals surface area contributed by atoms with E-state index < -0.39 is 0 Å². The third-order valence-electron chi connectivity index (χ3n) is 2.71. The molecule has 0 atom stereocenters. The molecular formula is C15H19N3. The van der Waals surface area contributed by atoms with E-state index in [4.69, 9.17) is 0 Å². The zero-order valence-corrected chi connectivity index (χ0v) is 11.0. The molecule has 0 fully saturated rings. The first-order chi connectivity index (χ1) is 8.78. The summed E-state index contributed by atoms with van der Waals surface area (Å²) in [5.74, 6) is 0.897. The van der Waals surface area contributed by atoms with Crippen LogP contribution in [0.1, 0.15) is 29.7 Å². The lowest BCUT2D eigenvalue weighted by atomic mass is 10.1. The van der Waals surface area contributed by atoms with Gasteiger partial charge in [0.2, 0.25) is 0 Å². The van der Waals surface area contributed by atoms with E-state index in [1.54, 1.807) is 0 Å². The van der Waals surface area contributed by atoms with Crippen LogP contribution in [-0.2, 0) is 13.0 Å². The fourth-order valence-corrected chi connectivity index (χ4v) is 1.90. The molecule has 1 aromatic carbocycles. The third-order valence-corrected chi connectivity index (χ3v) is 2.71. The zero-order valence-electron chi connectivity index (χ0n) is 11.0. The smallest absolute Gasteiger partial charge is 0.133 e. The standard InChI is InChI=1S/C15H19N3/c1-3-16-11-14-9-12(2)17-15(18-14)10-13-7-5-4-6-8-13/h4-9,16H,3,10-11H2,1-2H3. The van der Waals surface area contributed by atoms with Crippen molar-refractivity contribution in [2.24, 2.45) is 0 Å². The highest BCUT2D eigenvalue weighted by Gasteiger charge is 2.03. The lowest BCUT2D eigenvalue weighted by molar-refractivity contribution is 0.700. The number of aryl methyl sites for hydroxylation is 1. The van der Waals surface area contributed by atoms with Crippen molar-refractivity contribution in [3.05, 3.63) is 59.2 Å². The highest BCUT2D eigenvalue weighted by molar-refractivity contribution is 5.20. The molecule has 0 spiro atoms. The van der Waals surface area contributed by atoms with Gasteiger partial charge in [0.25, 0.3) is 0 Å². The van der Waals surface area contributed by atoms with Gasteiger partial charge in [-0.15, -0.1) is 0 Å². The monoisotopic (exact) mass is 241 g/mol. The van der Waals surface area contributed by atoms with Gasteiger partial charge in [-0.1, -0.05) is 37.3 Å². The van der Waals surface area contributed by atoms with E-state index in [1.165, 1.54) is 5.56 Å². The van der Waals surface area contributed by atoms with Gasteiger partial charge in [0.05, 0.1) is 5.69 Å². The van der Waals surface area contributed by atoms with Crippen molar-refractivity contribution in [3.8, 4) is 0 Å². The summed E-state index contributed by atoms with van der Waals surface area (Å²) < 4.78 is 0. The minimum absolute atomic E-state index is 0.793. The van der Waals surface area contributed by atoms with Crippen LogP contribution in [0.2, 0.25) is 0 Å². The average molecular weight is 241 g/mol. The van der Waals surface area contributed by atoms with Gasteiger partial charge in [0, 0.05) is 18.7 Å². The second-order valence-corrected chi connectivity index (χ2v) is 4.36. The maximum atomic E-state index is 4.59. The topological polar surface area (TPSA) is 37.8 Å². The van der Waals surface area contributed by atoms with Crippen molar-refractivity contribution < 1.29 is 0 Å². The molecule has 0 radical (unpaired) electrons. The maximum absolute atomic E-state index is 4.59. The summed E-state index contributed by atoms with van der Waals surface area (Å²) in [7, 11) is 0. The molecule has 2 aromatic rings. The Hall–Kier alpha value is -1.74. The number of nitrogens with zero attached hydrogens (tertiary/aromatic N) is 2. The molecule has 2 rings (SSSR count). The summed E-state index contributed by atoms with van der Waals surface area (Å²) in [4.78, 5) is 9.09. The Labute approximate surface area is 108 Å². The lowest BCUT2D eigenvalue weighted by Gasteiger charge is -2.06. The second-order valence-electron chi connectivity index (χ2n) is 4.36. The van der Waals surface area contributed by atoms with Gasteiger partial charge in [0.15, 0.2) is 0 Å². The van der Waals surface area contributed by atoms with Crippen LogP contribution in [0.5, 0.6) is 0 Å². The predicted octanol–water partition coefficient (Wildman–Crippen LogP) is 2.49. The first-order valence-electron chi connectivity index (χ1n) is 6.36. The Kier molecular flexibility index (Phi) is 4.42. The van der Waals surface area contributed by atoms with Crippen LogP contribution in [0.4, 0.5) is 0 Å². The predicted molar refractivity (Wildman–Crippen MR) is 73.4 cm³/mol. The highest BCUT2D eigenvalue weighted by Crippen LogP contribution is 2.07. The molecule has 0 unspecified atom stereocenters. The van der Waals surface area contributed by atoms with E-state index in [0.717, 1.165) is 36.7 Å². The molecule has 3 heteroatoms. The van der Waals surface area contributed by atoms with Crippen molar-refractivity contribution in [1.82, 2.24) is 15.3 Å². The van der Waals surface area contributed by atoms with E-state index in [9.17, 15) is 0 Å². The van der Waals surface area contributed by atoms with Crippen molar-refractivity contribution in [2.45, 2.75) is 26.8 Å². The van der Waals surface area contributed by atoms with Crippen LogP contribution >= 0.6 is 0 Å². The van der Waals surface area contributed by atoms with Crippen LogP contribution in [0.15, 0.2) is 36.4 Å². The normalized spacial score (nSPS) is 10.6. The Morgan fingerprint density at radius 1 is 1.11 bits per heavy atom. The number of nitrogens with one attached hydrogen (secondary N) is 1. The zero-order chi connectivity index (χ0) is 12.8. The first kappa shape index (κ1) is 12.7. The summed E-state index contributed by atoms with van der Waals surface area (Å²) in [6, 6.07) is 12.4. The quantitative estimate of drug-likeness (QED) is 0.874. The molecule has 1 heterocycles. The van der Waals surface area contributed by atoms with Gasteiger partial charge in [-0.05, 0) is 25.1 Å². The Bertz CT molecular complexity index is 494. The van der Waals surface area contributed by atoms with Gasteiger partial charge < -0.3 is 5.32 Å². The van der Waals surface area contributed by atoms with E-state index in [1.807, 2.05) is 31.2 Å². The van der Waals surface area contributed by atoms with Gasteiger partial charge in [-0.2, -0.15) is 0 Å². The van der Waals surface area contributed by atoms with Gasteiger partial charge >= 0.3 is 0 Å². The van der Waals surface area contributed by atoms with Crippen LogP contribution in [0, 0.1) is 6.92 Å². The fourth-order valence-electron chi connectivity index (χ4n) is 1.90. The second kappa shape index (κ2) is 6.26. The molecule has 94 valence electrons. The molecule has 3 nitrogen and oxygen atoms in total. The molecule has 0 aliphatic carbocycles. The largest absolute Gasteiger partial charge is 0.311 e.